The van der Waals surface area contributed by atoms with Crippen molar-refractivity contribution in [3.63, 3.8) is 0 Å². The van der Waals surface area contributed by atoms with Crippen molar-refractivity contribution in [3.8, 4) is 11.4 Å². The summed E-state index contributed by atoms with van der Waals surface area (Å²) < 4.78 is 13.5. The van der Waals surface area contributed by atoms with E-state index in [4.69, 9.17) is 5.73 Å². The zero-order chi connectivity index (χ0) is 26.4. The number of tetrazole rings is 1. The normalized spacial score (nSPS) is 17.4. The second kappa shape index (κ2) is 12.0. The minimum Gasteiger partial charge on any atom is -0.353 e. The molecule has 1 fully saturated rings. The van der Waals surface area contributed by atoms with E-state index in [1.165, 1.54) is 6.07 Å². The van der Waals surface area contributed by atoms with Crippen LogP contribution in [0.25, 0.3) is 11.4 Å². The van der Waals surface area contributed by atoms with E-state index in [-0.39, 0.29) is 35.9 Å². The number of benzene rings is 1. The van der Waals surface area contributed by atoms with Gasteiger partial charge in [-0.3, -0.25) is 9.59 Å². The van der Waals surface area contributed by atoms with Crippen LogP contribution in [0.2, 0.25) is 0 Å². The summed E-state index contributed by atoms with van der Waals surface area (Å²) in [5.41, 5.74) is 8.34. The number of amides is 2. The van der Waals surface area contributed by atoms with Gasteiger partial charge in [0.2, 0.25) is 11.7 Å². The van der Waals surface area contributed by atoms with Gasteiger partial charge in [0.1, 0.15) is 11.5 Å². The molecule has 0 spiro atoms. The predicted octanol–water partition coefficient (Wildman–Crippen LogP) is 2.44. The number of aryl methyl sites for hydroxylation is 2. The Labute approximate surface area is 215 Å². The first-order chi connectivity index (χ1) is 17.8. The predicted molar refractivity (Wildman–Crippen MR) is 136 cm³/mol. The van der Waals surface area contributed by atoms with E-state index in [0.29, 0.717) is 48.1 Å². The van der Waals surface area contributed by atoms with Gasteiger partial charge in [0.15, 0.2) is 0 Å². The van der Waals surface area contributed by atoms with Gasteiger partial charge >= 0.3 is 0 Å². The molecule has 2 heterocycles. The van der Waals surface area contributed by atoms with Gasteiger partial charge in [-0.2, -0.15) is 4.80 Å². The van der Waals surface area contributed by atoms with Gasteiger partial charge in [0.25, 0.3) is 5.91 Å². The number of hydrogen-bond acceptors (Lipinski definition) is 7. The molecule has 2 aromatic heterocycles. The second-order valence-corrected chi connectivity index (χ2v) is 9.64. The van der Waals surface area contributed by atoms with Crippen LogP contribution in [-0.4, -0.2) is 49.6 Å². The number of nitrogens with one attached hydrogen (secondary N) is 2. The molecule has 1 saturated carbocycles. The quantitative estimate of drug-likeness (QED) is 0.403. The van der Waals surface area contributed by atoms with E-state index < -0.39 is 0 Å². The van der Waals surface area contributed by atoms with E-state index in [1.807, 2.05) is 6.07 Å². The Hall–Kier alpha value is -3.73. The Morgan fingerprint density at radius 3 is 2.65 bits per heavy atom. The summed E-state index contributed by atoms with van der Waals surface area (Å²) in [5.74, 6) is 0.228. The maximum atomic E-state index is 13.5. The van der Waals surface area contributed by atoms with Crippen LogP contribution >= 0.6 is 0 Å². The summed E-state index contributed by atoms with van der Waals surface area (Å²) in [6, 6.07) is 8.40. The highest BCUT2D eigenvalue weighted by Gasteiger charge is 2.23. The zero-order valence-electron chi connectivity index (χ0n) is 21.2. The van der Waals surface area contributed by atoms with Crippen molar-refractivity contribution in [1.82, 2.24) is 35.8 Å². The number of carbonyl (C=O) groups is 2. The fourth-order valence-electron chi connectivity index (χ4n) is 4.59. The van der Waals surface area contributed by atoms with Crippen LogP contribution < -0.4 is 16.4 Å². The van der Waals surface area contributed by atoms with Crippen LogP contribution in [0, 0.1) is 25.6 Å². The van der Waals surface area contributed by atoms with Crippen molar-refractivity contribution in [1.29, 1.82) is 0 Å². The highest BCUT2D eigenvalue weighted by atomic mass is 19.1. The highest BCUT2D eigenvalue weighted by molar-refractivity contribution is 5.93. The van der Waals surface area contributed by atoms with E-state index in [0.717, 1.165) is 31.2 Å². The lowest BCUT2D eigenvalue weighted by atomic mass is 9.86. The third kappa shape index (κ3) is 7.16. The van der Waals surface area contributed by atoms with Crippen molar-refractivity contribution in [2.24, 2.45) is 11.7 Å². The van der Waals surface area contributed by atoms with Gasteiger partial charge in [-0.15, -0.1) is 10.2 Å². The molecule has 2 amide bonds. The lowest BCUT2D eigenvalue weighted by molar-refractivity contribution is -0.121. The first kappa shape index (κ1) is 26.3. The van der Waals surface area contributed by atoms with Crippen molar-refractivity contribution < 1.29 is 14.0 Å². The van der Waals surface area contributed by atoms with Gasteiger partial charge in [0.05, 0.1) is 6.54 Å². The maximum absolute atomic E-state index is 13.5. The number of halogens is 1. The molecule has 196 valence electrons. The molecule has 1 aromatic carbocycles. The molecule has 10 nitrogen and oxygen atoms in total. The summed E-state index contributed by atoms with van der Waals surface area (Å²) in [5, 5.41) is 18.8. The summed E-state index contributed by atoms with van der Waals surface area (Å²) in [6.07, 6.45) is 4.13. The zero-order valence-corrected chi connectivity index (χ0v) is 21.2. The third-order valence-corrected chi connectivity index (χ3v) is 6.58. The van der Waals surface area contributed by atoms with Gasteiger partial charge in [-0.1, -0.05) is 12.1 Å². The number of aromatic nitrogens is 5. The topological polar surface area (TPSA) is 141 Å². The summed E-state index contributed by atoms with van der Waals surface area (Å²) in [7, 11) is 0. The van der Waals surface area contributed by atoms with E-state index in [2.05, 4.69) is 31.0 Å². The Balaban J connectivity index is 1.34. The van der Waals surface area contributed by atoms with Crippen LogP contribution in [0.5, 0.6) is 0 Å². The standard InChI is InChI=1S/C26H33FN8O2/c1-16-11-19(5-8-22(16)27)14-29-26(37)23-13-20(12-17(2)30-23)25-32-34-35(33-25)15-18-3-6-21(7-4-18)31-24(36)9-10-28/h5,8,11-13,18,21H,3-4,6-7,9-10,14-15,28H2,1-2H3,(H,29,37)(H,31,36). The Bertz CT molecular complexity index is 1250. The summed E-state index contributed by atoms with van der Waals surface area (Å²) in [6.45, 7) is 4.76. The number of rotatable bonds is 9. The van der Waals surface area contributed by atoms with Crippen molar-refractivity contribution in [2.45, 2.75) is 65.1 Å². The summed E-state index contributed by atoms with van der Waals surface area (Å²) in [4.78, 5) is 30.5. The first-order valence-electron chi connectivity index (χ1n) is 12.6. The van der Waals surface area contributed by atoms with E-state index in [9.17, 15) is 14.0 Å². The first-order valence-corrected chi connectivity index (χ1v) is 12.6. The Morgan fingerprint density at radius 1 is 1.14 bits per heavy atom. The molecule has 1 aliphatic rings. The minimum atomic E-state index is -0.338. The molecule has 0 saturated heterocycles. The van der Waals surface area contributed by atoms with Crippen LogP contribution in [-0.2, 0) is 17.9 Å². The fourth-order valence-corrected chi connectivity index (χ4v) is 4.59. The highest BCUT2D eigenvalue weighted by Crippen LogP contribution is 2.26. The number of nitrogens with two attached hydrogens (primary N) is 1. The average Bonchev–Trinajstić information content (AvgIpc) is 3.34. The molecule has 4 N–H and O–H groups in total. The molecular formula is C26H33FN8O2. The molecule has 0 bridgehead atoms. The smallest absolute Gasteiger partial charge is 0.270 e. The number of nitrogens with zero attached hydrogens (tertiary/aromatic N) is 5. The van der Waals surface area contributed by atoms with Gasteiger partial charge in [0, 0.05) is 36.8 Å². The second-order valence-electron chi connectivity index (χ2n) is 9.64. The summed E-state index contributed by atoms with van der Waals surface area (Å²) >= 11 is 0. The van der Waals surface area contributed by atoms with Crippen LogP contribution in [0.1, 0.15) is 59.4 Å². The molecule has 4 rings (SSSR count). The fraction of sp³-hybridized carbons (Fsp3) is 0.462. The van der Waals surface area contributed by atoms with E-state index in [1.54, 1.807) is 36.8 Å². The molecule has 3 aromatic rings. The number of carbonyl (C=O) groups excluding carboxylic acids is 2. The number of pyridine rings is 1. The molecule has 0 aliphatic heterocycles. The lowest BCUT2D eigenvalue weighted by Crippen LogP contribution is -2.38. The Morgan fingerprint density at radius 2 is 1.92 bits per heavy atom. The molecule has 0 atom stereocenters. The number of hydrogen-bond donors (Lipinski definition) is 3. The van der Waals surface area contributed by atoms with Crippen LogP contribution in [0.4, 0.5) is 4.39 Å². The van der Waals surface area contributed by atoms with Gasteiger partial charge in [-0.05, 0) is 80.0 Å². The largest absolute Gasteiger partial charge is 0.353 e. The molecule has 11 heteroatoms. The molecule has 0 radical (unpaired) electrons. The minimum absolute atomic E-state index is 0.0137. The molecule has 37 heavy (non-hydrogen) atoms. The van der Waals surface area contributed by atoms with Gasteiger partial charge in [-0.25, -0.2) is 9.37 Å². The third-order valence-electron chi connectivity index (χ3n) is 6.58. The molecule has 1 aliphatic carbocycles. The van der Waals surface area contributed by atoms with E-state index >= 15 is 0 Å². The van der Waals surface area contributed by atoms with Gasteiger partial charge < -0.3 is 16.4 Å². The van der Waals surface area contributed by atoms with Crippen LogP contribution in [0.3, 0.4) is 0 Å². The Kier molecular flexibility index (Phi) is 8.54. The monoisotopic (exact) mass is 508 g/mol. The van der Waals surface area contributed by atoms with Crippen LogP contribution in [0.15, 0.2) is 30.3 Å². The SMILES string of the molecule is Cc1cc(-c2nnn(CC3CCC(NC(=O)CCN)CC3)n2)cc(C(=O)NCc2ccc(F)c(C)c2)n1. The maximum Gasteiger partial charge on any atom is 0.270 e. The van der Waals surface area contributed by atoms with Crippen molar-refractivity contribution in [2.75, 3.05) is 6.54 Å². The van der Waals surface area contributed by atoms with Crippen molar-refractivity contribution >= 4 is 11.8 Å². The average molecular weight is 509 g/mol. The lowest BCUT2D eigenvalue weighted by Gasteiger charge is -2.28. The molecule has 0 unspecified atom stereocenters. The van der Waals surface area contributed by atoms with Crippen molar-refractivity contribution in [3.05, 3.63) is 58.7 Å². The molecular weight excluding hydrogens is 475 g/mol.